The normalized spacial score (nSPS) is 20.8. The van der Waals surface area contributed by atoms with E-state index in [1.165, 1.54) is 50.9 Å². The lowest BCUT2D eigenvalue weighted by Gasteiger charge is -2.43. The van der Waals surface area contributed by atoms with E-state index in [0.29, 0.717) is 47.8 Å². The summed E-state index contributed by atoms with van der Waals surface area (Å²) in [6.07, 6.45) is 8.34. The summed E-state index contributed by atoms with van der Waals surface area (Å²) in [4.78, 5) is 35.1. The summed E-state index contributed by atoms with van der Waals surface area (Å²) >= 11 is 6.08. The first-order chi connectivity index (χ1) is 23.9. The largest absolute Gasteiger partial charge is 0.494 e. The molecule has 4 fully saturated rings. The molecule has 0 spiro atoms. The van der Waals surface area contributed by atoms with Gasteiger partial charge in [0.05, 0.1) is 41.8 Å². The number of halogens is 2. The fourth-order valence-electron chi connectivity index (χ4n) is 7.22. The Morgan fingerprint density at radius 1 is 1.04 bits per heavy atom. The van der Waals surface area contributed by atoms with Gasteiger partial charge >= 0.3 is 0 Å². The molecule has 1 aliphatic carbocycles. The molecule has 260 valence electrons. The first kappa shape index (κ1) is 33.5. The molecule has 3 aliphatic heterocycles. The molecule has 0 unspecified atom stereocenters. The van der Waals surface area contributed by atoms with Crippen molar-refractivity contribution in [2.75, 3.05) is 80.1 Å². The van der Waals surface area contributed by atoms with Crippen molar-refractivity contribution >= 4 is 46.2 Å². The molecule has 2 N–H and O–H groups in total. The first-order valence-electron chi connectivity index (χ1n) is 17.2. The number of carbonyl (C=O) groups is 1. The Hall–Kier alpha value is -3.97. The van der Waals surface area contributed by atoms with E-state index in [9.17, 15) is 9.18 Å². The number of hydroxylamine groups is 1. The van der Waals surface area contributed by atoms with Crippen molar-refractivity contribution in [3.05, 3.63) is 71.8 Å². The van der Waals surface area contributed by atoms with Gasteiger partial charge in [0.15, 0.2) is 5.82 Å². The van der Waals surface area contributed by atoms with E-state index in [4.69, 9.17) is 21.2 Å². The highest BCUT2D eigenvalue weighted by Crippen LogP contribution is 2.41. The topological polar surface area (TPSA) is 98.3 Å². The Morgan fingerprint density at radius 2 is 1.84 bits per heavy atom. The molecule has 49 heavy (non-hydrogen) atoms. The van der Waals surface area contributed by atoms with Crippen LogP contribution in [0.3, 0.4) is 0 Å². The minimum absolute atomic E-state index is 0.0612. The van der Waals surface area contributed by atoms with Crippen LogP contribution in [-0.2, 0) is 9.63 Å². The molecular formula is C36H44ClFN8O3. The number of hydrogen-bond donors (Lipinski definition) is 2. The van der Waals surface area contributed by atoms with Crippen LogP contribution in [0.15, 0.2) is 55.4 Å². The lowest BCUT2D eigenvalue weighted by atomic mass is 10.0. The van der Waals surface area contributed by atoms with Gasteiger partial charge in [-0.15, -0.1) is 0 Å². The minimum Gasteiger partial charge on any atom is -0.494 e. The van der Waals surface area contributed by atoms with Gasteiger partial charge in [-0.2, -0.15) is 0 Å². The molecule has 0 bridgehead atoms. The summed E-state index contributed by atoms with van der Waals surface area (Å²) in [5.74, 6) is 1.82. The highest BCUT2D eigenvalue weighted by molar-refractivity contribution is 6.30. The summed E-state index contributed by atoms with van der Waals surface area (Å²) in [6.45, 7) is 11.8. The lowest BCUT2D eigenvalue weighted by Crippen LogP contribution is -2.53. The third kappa shape index (κ3) is 7.77. The average molecular weight is 691 g/mol. The van der Waals surface area contributed by atoms with Gasteiger partial charge in [0.25, 0.3) is 0 Å². The Morgan fingerprint density at radius 3 is 2.55 bits per heavy atom. The number of ether oxygens (including phenoxy) is 1. The standard InChI is InChI=1S/C36H44ClFN8O3/c1-3-36(47)42-29-19-30(41-34-21-35(40-23-39-34)46-31(10-17-49-46)25-6-7-28(38)27(37)18-25)33(48-2)20-32(29)45-11-8-26(9-12-45)44-15-13-43(14-16-44)22-24-4-5-24/h3,6-7,18-21,23-24,26,31H,1,4-5,8-17,22H2,2H3,(H,42,47)(H,39,40,41)/t31-/m1/s1. The van der Waals surface area contributed by atoms with E-state index in [1.807, 2.05) is 12.1 Å². The van der Waals surface area contributed by atoms with Crippen molar-refractivity contribution in [3.8, 4) is 5.75 Å². The van der Waals surface area contributed by atoms with Crippen LogP contribution in [0.5, 0.6) is 5.75 Å². The Labute approximate surface area is 292 Å². The Bertz CT molecular complexity index is 1660. The van der Waals surface area contributed by atoms with Gasteiger partial charge in [0.1, 0.15) is 23.7 Å². The van der Waals surface area contributed by atoms with Crippen molar-refractivity contribution in [1.82, 2.24) is 19.8 Å². The number of aromatic nitrogens is 2. The summed E-state index contributed by atoms with van der Waals surface area (Å²) < 4.78 is 19.7. The van der Waals surface area contributed by atoms with Gasteiger partial charge in [-0.3, -0.25) is 14.5 Å². The number of piperazine rings is 1. The van der Waals surface area contributed by atoms with Gasteiger partial charge in [-0.25, -0.2) is 19.4 Å². The molecule has 4 aliphatic rings. The summed E-state index contributed by atoms with van der Waals surface area (Å²) in [5.41, 5.74) is 3.01. The smallest absolute Gasteiger partial charge is 0.247 e. The number of amides is 1. The molecule has 1 saturated carbocycles. The zero-order valence-electron chi connectivity index (χ0n) is 27.9. The van der Waals surface area contributed by atoms with Crippen molar-refractivity contribution in [3.63, 3.8) is 0 Å². The van der Waals surface area contributed by atoms with E-state index in [-0.39, 0.29) is 17.0 Å². The van der Waals surface area contributed by atoms with E-state index in [1.54, 1.807) is 30.4 Å². The molecule has 2 aromatic carbocycles. The van der Waals surface area contributed by atoms with Crippen molar-refractivity contribution < 1.29 is 18.8 Å². The van der Waals surface area contributed by atoms with Crippen molar-refractivity contribution in [2.45, 2.75) is 44.2 Å². The van der Waals surface area contributed by atoms with Crippen molar-refractivity contribution in [1.29, 1.82) is 0 Å². The maximum Gasteiger partial charge on any atom is 0.247 e. The lowest BCUT2D eigenvalue weighted by molar-refractivity contribution is -0.111. The highest BCUT2D eigenvalue weighted by Gasteiger charge is 2.32. The van der Waals surface area contributed by atoms with Crippen LogP contribution in [0.1, 0.15) is 43.7 Å². The van der Waals surface area contributed by atoms with Crippen molar-refractivity contribution in [2.24, 2.45) is 5.92 Å². The maximum atomic E-state index is 13.9. The fraction of sp³-hybridized carbons (Fsp3) is 0.472. The predicted octanol–water partition coefficient (Wildman–Crippen LogP) is 6.03. The SMILES string of the molecule is C=CC(=O)Nc1cc(Nc2cc(N3OCC[C@@H]3c3ccc(F)c(Cl)c3)ncn2)c(OC)cc1N1CCC(N2CCN(CC3CC3)CC2)CC1. The van der Waals surface area contributed by atoms with Gasteiger partial charge in [0.2, 0.25) is 5.91 Å². The number of nitrogens with one attached hydrogen (secondary N) is 2. The number of hydrogen-bond acceptors (Lipinski definition) is 10. The molecule has 1 aromatic heterocycles. The molecule has 1 atom stereocenters. The monoisotopic (exact) mass is 690 g/mol. The minimum atomic E-state index is -0.467. The first-order valence-corrected chi connectivity index (χ1v) is 17.6. The van der Waals surface area contributed by atoms with Crippen LogP contribution in [-0.4, -0.2) is 91.2 Å². The molecule has 11 nitrogen and oxygen atoms in total. The number of nitrogens with zero attached hydrogens (tertiary/aromatic N) is 6. The van der Waals surface area contributed by atoms with E-state index >= 15 is 0 Å². The van der Waals surface area contributed by atoms with Crippen LogP contribution in [0, 0.1) is 11.7 Å². The fourth-order valence-corrected chi connectivity index (χ4v) is 7.41. The van der Waals surface area contributed by atoms with Gasteiger partial charge in [0, 0.05) is 70.4 Å². The number of piperidine rings is 1. The summed E-state index contributed by atoms with van der Waals surface area (Å²) in [5, 5.41) is 8.13. The number of methoxy groups -OCH3 is 1. The molecule has 7 rings (SSSR count). The molecule has 0 radical (unpaired) electrons. The average Bonchev–Trinajstić information content (AvgIpc) is 3.81. The molecule has 4 heterocycles. The predicted molar refractivity (Wildman–Crippen MR) is 190 cm³/mol. The van der Waals surface area contributed by atoms with Gasteiger partial charge in [-0.05, 0) is 61.4 Å². The van der Waals surface area contributed by atoms with Crippen LogP contribution in [0.4, 0.5) is 33.1 Å². The molecule has 1 amide bonds. The highest BCUT2D eigenvalue weighted by atomic mass is 35.5. The third-order valence-electron chi connectivity index (χ3n) is 10.1. The third-order valence-corrected chi connectivity index (χ3v) is 10.4. The van der Waals surface area contributed by atoms with Crippen LogP contribution in [0.25, 0.3) is 0 Å². The summed E-state index contributed by atoms with van der Waals surface area (Å²) in [6, 6.07) is 10.7. The second kappa shape index (κ2) is 14.9. The van der Waals surface area contributed by atoms with Crippen LogP contribution >= 0.6 is 11.6 Å². The Balaban J connectivity index is 1.06. The number of rotatable bonds is 11. The van der Waals surface area contributed by atoms with E-state index in [0.717, 1.165) is 56.2 Å². The summed E-state index contributed by atoms with van der Waals surface area (Å²) in [7, 11) is 1.63. The number of carbonyl (C=O) groups excluding carboxylic acids is 1. The number of anilines is 5. The molecular weight excluding hydrogens is 647 g/mol. The molecule has 3 saturated heterocycles. The van der Waals surface area contributed by atoms with E-state index < -0.39 is 5.82 Å². The quantitative estimate of drug-likeness (QED) is 0.232. The van der Waals surface area contributed by atoms with Gasteiger partial charge < -0.3 is 25.2 Å². The van der Waals surface area contributed by atoms with E-state index in [2.05, 4.69) is 41.9 Å². The van der Waals surface area contributed by atoms with Crippen LogP contribution < -0.4 is 25.3 Å². The number of benzene rings is 2. The second-order valence-electron chi connectivity index (χ2n) is 13.3. The maximum absolute atomic E-state index is 13.9. The van der Waals surface area contributed by atoms with Crippen LogP contribution in [0.2, 0.25) is 5.02 Å². The van der Waals surface area contributed by atoms with Gasteiger partial charge in [-0.1, -0.05) is 24.2 Å². The zero-order valence-corrected chi connectivity index (χ0v) is 28.7. The molecule has 13 heteroatoms. The second-order valence-corrected chi connectivity index (χ2v) is 13.7. The molecule has 3 aromatic rings. The zero-order chi connectivity index (χ0) is 33.9. The Kier molecular flexibility index (Phi) is 10.2.